The van der Waals surface area contributed by atoms with Crippen LogP contribution >= 0.6 is 12.4 Å². The van der Waals surface area contributed by atoms with Crippen molar-refractivity contribution in [1.82, 2.24) is 19.2 Å². The Labute approximate surface area is 150 Å². The number of rotatable bonds is 3. The third-order valence-corrected chi connectivity index (χ3v) is 7.43. The van der Waals surface area contributed by atoms with Gasteiger partial charge < -0.3 is 9.88 Å². The minimum absolute atomic E-state index is 0. The quantitative estimate of drug-likeness (QED) is 0.875. The second-order valence-electron chi connectivity index (χ2n) is 7.09. The number of aryl methyl sites for hydroxylation is 2. The number of piperidine rings is 1. The van der Waals surface area contributed by atoms with Crippen LogP contribution in [0.15, 0.2) is 11.2 Å². The Morgan fingerprint density at radius 2 is 1.88 bits per heavy atom. The molecule has 0 saturated carbocycles. The monoisotopic (exact) mass is 374 g/mol. The Kier molecular flexibility index (Phi) is 5.54. The largest absolute Gasteiger partial charge is 0.333 e. The number of sulfonamides is 1. The highest BCUT2D eigenvalue weighted by atomic mass is 35.5. The molecule has 2 saturated heterocycles. The number of fused-ring (bicyclic) bond motifs is 1. The Bertz CT molecular complexity index is 638. The van der Waals surface area contributed by atoms with Gasteiger partial charge in [-0.3, -0.25) is 0 Å². The number of aromatic nitrogens is 2. The van der Waals surface area contributed by atoms with Crippen molar-refractivity contribution < 1.29 is 8.42 Å². The van der Waals surface area contributed by atoms with Gasteiger partial charge in [-0.1, -0.05) is 0 Å². The van der Waals surface area contributed by atoms with Crippen molar-refractivity contribution >= 4 is 22.4 Å². The maximum Gasteiger partial charge on any atom is 0.262 e. The predicted molar refractivity (Wildman–Crippen MR) is 94.9 cm³/mol. The molecule has 0 amide bonds. The molecule has 24 heavy (non-hydrogen) atoms. The molecule has 0 aromatic carbocycles. The van der Waals surface area contributed by atoms with Crippen molar-refractivity contribution in [2.75, 3.05) is 19.6 Å². The second-order valence-corrected chi connectivity index (χ2v) is 8.98. The third kappa shape index (κ3) is 3.36. The molecule has 6 nitrogen and oxygen atoms in total. The van der Waals surface area contributed by atoms with E-state index in [4.69, 9.17) is 0 Å². The van der Waals surface area contributed by atoms with Crippen LogP contribution in [0, 0.1) is 5.92 Å². The van der Waals surface area contributed by atoms with Crippen LogP contribution in [-0.2, 0) is 23.0 Å². The lowest BCUT2D eigenvalue weighted by atomic mass is 9.89. The summed E-state index contributed by atoms with van der Waals surface area (Å²) in [4.78, 5) is 4.42. The Hall–Kier alpha value is -0.630. The standard InChI is InChI=1S/C16H26N4O2S.ClH/c21-23(22,16-12-19-9-2-1-5-15(19)18-16)20-10-6-13(7-11-20)14-4-3-8-17-14;/h12-14,17H,1-11H2;1H. The van der Waals surface area contributed by atoms with E-state index in [1.807, 2.05) is 4.57 Å². The summed E-state index contributed by atoms with van der Waals surface area (Å²) in [5.74, 6) is 1.55. The second kappa shape index (κ2) is 7.32. The molecule has 0 aliphatic carbocycles. The first kappa shape index (κ1) is 18.2. The molecule has 136 valence electrons. The summed E-state index contributed by atoms with van der Waals surface area (Å²) in [5, 5.41) is 3.82. The zero-order chi connectivity index (χ0) is 15.9. The van der Waals surface area contributed by atoms with E-state index in [2.05, 4.69) is 10.3 Å². The van der Waals surface area contributed by atoms with E-state index in [1.54, 1.807) is 10.5 Å². The Balaban J connectivity index is 0.00000169. The normalized spacial score (nSPS) is 26.1. The van der Waals surface area contributed by atoms with Crippen molar-refractivity contribution in [1.29, 1.82) is 0 Å². The fraction of sp³-hybridized carbons (Fsp3) is 0.812. The first-order valence-electron chi connectivity index (χ1n) is 8.94. The molecule has 1 aromatic rings. The summed E-state index contributed by atoms with van der Waals surface area (Å²) in [6.45, 7) is 3.28. The van der Waals surface area contributed by atoms with Gasteiger partial charge in [0.25, 0.3) is 10.0 Å². The fourth-order valence-corrected chi connectivity index (χ4v) is 5.71. The van der Waals surface area contributed by atoms with Gasteiger partial charge in [0.2, 0.25) is 0 Å². The van der Waals surface area contributed by atoms with E-state index in [-0.39, 0.29) is 17.4 Å². The van der Waals surface area contributed by atoms with Gasteiger partial charge >= 0.3 is 0 Å². The van der Waals surface area contributed by atoms with E-state index in [0.717, 1.165) is 51.0 Å². The van der Waals surface area contributed by atoms with Crippen LogP contribution in [0.3, 0.4) is 0 Å². The van der Waals surface area contributed by atoms with Crippen LogP contribution in [0.4, 0.5) is 0 Å². The summed E-state index contributed by atoms with van der Waals surface area (Å²) < 4.78 is 29.4. The SMILES string of the molecule is Cl.O=S(=O)(c1cn2c(n1)CCCC2)N1CCC(C2CCCN2)CC1. The van der Waals surface area contributed by atoms with Crippen molar-refractivity contribution in [3.05, 3.63) is 12.0 Å². The van der Waals surface area contributed by atoms with Crippen LogP contribution in [-0.4, -0.2) is 48.0 Å². The average Bonchev–Trinajstić information content (AvgIpc) is 3.24. The first-order valence-corrected chi connectivity index (χ1v) is 10.4. The molecule has 1 N–H and O–H groups in total. The number of halogens is 1. The molecule has 4 heterocycles. The summed E-state index contributed by atoms with van der Waals surface area (Å²) in [6, 6.07) is 0.597. The topological polar surface area (TPSA) is 67.2 Å². The van der Waals surface area contributed by atoms with Crippen molar-refractivity contribution in [2.45, 2.75) is 62.6 Å². The van der Waals surface area contributed by atoms with Crippen molar-refractivity contribution in [3.8, 4) is 0 Å². The zero-order valence-electron chi connectivity index (χ0n) is 14.0. The molecule has 1 aromatic heterocycles. The predicted octanol–water partition coefficient (Wildman–Crippen LogP) is 1.79. The maximum atomic E-state index is 12.9. The molecule has 8 heteroatoms. The van der Waals surface area contributed by atoms with Crippen molar-refractivity contribution in [3.63, 3.8) is 0 Å². The van der Waals surface area contributed by atoms with Gasteiger partial charge in [-0.2, -0.15) is 4.31 Å². The van der Waals surface area contributed by atoms with Gasteiger partial charge in [0.05, 0.1) is 0 Å². The molecule has 3 aliphatic rings. The van der Waals surface area contributed by atoms with E-state index in [1.165, 1.54) is 12.8 Å². The lowest BCUT2D eigenvalue weighted by Crippen LogP contribution is -2.43. The van der Waals surface area contributed by atoms with E-state index >= 15 is 0 Å². The first-order chi connectivity index (χ1) is 11.1. The van der Waals surface area contributed by atoms with Gasteiger partial charge in [-0.15, -0.1) is 12.4 Å². The van der Waals surface area contributed by atoms with Crippen LogP contribution in [0.2, 0.25) is 0 Å². The highest BCUT2D eigenvalue weighted by Crippen LogP contribution is 2.29. The number of nitrogens with one attached hydrogen (secondary N) is 1. The van der Waals surface area contributed by atoms with Gasteiger partial charge in [0.1, 0.15) is 5.82 Å². The van der Waals surface area contributed by atoms with Crippen LogP contribution < -0.4 is 5.32 Å². The highest BCUT2D eigenvalue weighted by Gasteiger charge is 2.35. The van der Waals surface area contributed by atoms with Crippen LogP contribution in [0.1, 0.15) is 44.3 Å². The third-order valence-electron chi connectivity index (χ3n) is 5.66. The maximum absolute atomic E-state index is 12.9. The van der Waals surface area contributed by atoms with E-state index in [9.17, 15) is 8.42 Å². The van der Waals surface area contributed by atoms with Gasteiger partial charge in [0.15, 0.2) is 5.03 Å². The molecule has 1 atom stereocenters. The van der Waals surface area contributed by atoms with Gasteiger partial charge in [-0.05, 0) is 51.0 Å². The summed E-state index contributed by atoms with van der Waals surface area (Å²) in [5.41, 5.74) is 0. The molecule has 0 spiro atoms. The lowest BCUT2D eigenvalue weighted by molar-refractivity contribution is 0.233. The van der Waals surface area contributed by atoms with Gasteiger partial charge in [-0.25, -0.2) is 13.4 Å². The molecular formula is C16H27ClN4O2S. The molecule has 0 radical (unpaired) electrons. The minimum atomic E-state index is -3.42. The van der Waals surface area contributed by atoms with Crippen molar-refractivity contribution in [2.24, 2.45) is 5.92 Å². The van der Waals surface area contributed by atoms with Gasteiger partial charge in [0, 0.05) is 38.3 Å². The number of hydrogen-bond acceptors (Lipinski definition) is 4. The molecule has 1 unspecified atom stereocenters. The number of nitrogens with zero attached hydrogens (tertiary/aromatic N) is 3. The number of imidazole rings is 1. The van der Waals surface area contributed by atoms with Crippen LogP contribution in [0.25, 0.3) is 0 Å². The molecule has 3 aliphatic heterocycles. The Morgan fingerprint density at radius 1 is 1.08 bits per heavy atom. The van der Waals surface area contributed by atoms with Crippen LogP contribution in [0.5, 0.6) is 0 Å². The molecule has 2 fully saturated rings. The van der Waals surface area contributed by atoms with E-state index in [0.29, 0.717) is 25.0 Å². The van der Waals surface area contributed by atoms with E-state index < -0.39 is 10.0 Å². The average molecular weight is 375 g/mol. The fourth-order valence-electron chi connectivity index (χ4n) is 4.28. The highest BCUT2D eigenvalue weighted by molar-refractivity contribution is 7.89. The smallest absolute Gasteiger partial charge is 0.262 e. The molecule has 4 rings (SSSR count). The number of hydrogen-bond donors (Lipinski definition) is 1. The molecular weight excluding hydrogens is 348 g/mol. The Morgan fingerprint density at radius 3 is 2.54 bits per heavy atom. The summed E-state index contributed by atoms with van der Waals surface area (Å²) >= 11 is 0. The summed E-state index contributed by atoms with van der Waals surface area (Å²) in [7, 11) is -3.42. The minimum Gasteiger partial charge on any atom is -0.333 e. The lowest BCUT2D eigenvalue weighted by Gasteiger charge is -2.33. The molecule has 0 bridgehead atoms. The summed E-state index contributed by atoms with van der Waals surface area (Å²) in [6.07, 6.45) is 9.28. The zero-order valence-corrected chi connectivity index (χ0v) is 15.6.